The Morgan fingerprint density at radius 1 is 1.06 bits per heavy atom. The molecule has 0 aliphatic heterocycles. The zero-order chi connectivity index (χ0) is 22.0. The van der Waals surface area contributed by atoms with Gasteiger partial charge in [0.25, 0.3) is 5.56 Å². The minimum Gasteiger partial charge on any atom is -0.508 e. The second-order valence-electron chi connectivity index (χ2n) is 7.17. The van der Waals surface area contributed by atoms with Crippen LogP contribution < -0.4 is 16.7 Å². The third-order valence-corrected chi connectivity index (χ3v) is 5.06. The van der Waals surface area contributed by atoms with E-state index in [1.807, 2.05) is 30.3 Å². The summed E-state index contributed by atoms with van der Waals surface area (Å²) in [6, 6.07) is 16.6. The molecule has 0 atom stereocenters. The van der Waals surface area contributed by atoms with E-state index in [0.29, 0.717) is 30.0 Å². The highest BCUT2D eigenvalue weighted by atomic mass is 16.3. The SMILES string of the molecule is Cn1c(=O)c2c(nc(N/N=C/c3cccc(O)c3)n2CCc2ccccc2)n(C)c1=O. The number of fused-ring (bicyclic) bond motifs is 1. The third-order valence-electron chi connectivity index (χ3n) is 5.06. The summed E-state index contributed by atoms with van der Waals surface area (Å²) in [7, 11) is 3.03. The molecule has 0 aliphatic carbocycles. The standard InChI is InChI=1S/C22H22N6O3/c1-26-19-18(20(30)27(2)22(26)31)28(12-11-15-7-4-3-5-8-15)21(24-19)25-23-14-16-9-6-10-17(29)13-16/h3-10,13-14,29H,11-12H2,1-2H3,(H,24,25)/b23-14+. The number of nitrogens with zero attached hydrogens (tertiary/aromatic N) is 5. The molecule has 0 unspecified atom stereocenters. The first-order valence-electron chi connectivity index (χ1n) is 9.74. The first-order chi connectivity index (χ1) is 15.0. The molecule has 158 valence electrons. The van der Waals surface area contributed by atoms with Crippen LogP contribution in [0, 0.1) is 0 Å². The van der Waals surface area contributed by atoms with Gasteiger partial charge in [-0.15, -0.1) is 0 Å². The van der Waals surface area contributed by atoms with Crippen LogP contribution in [-0.4, -0.2) is 30.0 Å². The van der Waals surface area contributed by atoms with Crippen molar-refractivity contribution in [2.75, 3.05) is 5.43 Å². The number of phenols is 1. The molecule has 2 N–H and O–H groups in total. The summed E-state index contributed by atoms with van der Waals surface area (Å²) in [5, 5.41) is 13.8. The molecule has 2 aromatic heterocycles. The Hall–Kier alpha value is -4.14. The van der Waals surface area contributed by atoms with Crippen molar-refractivity contribution >= 4 is 23.3 Å². The van der Waals surface area contributed by atoms with Crippen LogP contribution in [0.15, 0.2) is 69.3 Å². The van der Waals surface area contributed by atoms with Crippen LogP contribution in [0.5, 0.6) is 5.75 Å². The van der Waals surface area contributed by atoms with E-state index in [0.717, 1.165) is 10.1 Å². The van der Waals surface area contributed by atoms with Gasteiger partial charge in [0.2, 0.25) is 5.95 Å². The fraction of sp³-hybridized carbons (Fsp3) is 0.182. The number of phenolic OH excluding ortho intramolecular Hbond substituents is 1. The fourth-order valence-corrected chi connectivity index (χ4v) is 3.40. The van der Waals surface area contributed by atoms with E-state index in [1.54, 1.807) is 35.9 Å². The smallest absolute Gasteiger partial charge is 0.332 e. The molecular weight excluding hydrogens is 396 g/mol. The molecule has 4 aromatic rings. The second-order valence-corrected chi connectivity index (χ2v) is 7.17. The molecule has 0 amide bonds. The summed E-state index contributed by atoms with van der Waals surface area (Å²) in [5.41, 5.74) is 4.44. The quantitative estimate of drug-likeness (QED) is 0.367. The summed E-state index contributed by atoms with van der Waals surface area (Å²) < 4.78 is 4.16. The van der Waals surface area contributed by atoms with E-state index in [-0.39, 0.29) is 11.4 Å². The van der Waals surface area contributed by atoms with E-state index in [1.165, 1.54) is 17.8 Å². The topological polar surface area (TPSA) is 106 Å². The Morgan fingerprint density at radius 2 is 1.84 bits per heavy atom. The molecule has 31 heavy (non-hydrogen) atoms. The number of nitrogens with one attached hydrogen (secondary N) is 1. The number of aromatic hydroxyl groups is 1. The van der Waals surface area contributed by atoms with Crippen LogP contribution >= 0.6 is 0 Å². The van der Waals surface area contributed by atoms with Crippen LogP contribution in [-0.2, 0) is 27.1 Å². The Kier molecular flexibility index (Phi) is 5.40. The maximum Gasteiger partial charge on any atom is 0.332 e. The van der Waals surface area contributed by atoms with Gasteiger partial charge in [0, 0.05) is 20.6 Å². The molecule has 0 saturated heterocycles. The van der Waals surface area contributed by atoms with Crippen LogP contribution in [0.25, 0.3) is 11.2 Å². The maximum atomic E-state index is 12.9. The zero-order valence-electron chi connectivity index (χ0n) is 17.2. The second kappa shape index (κ2) is 8.31. The Morgan fingerprint density at radius 3 is 2.58 bits per heavy atom. The molecule has 2 heterocycles. The number of imidazole rings is 1. The summed E-state index contributed by atoms with van der Waals surface area (Å²) in [5.74, 6) is 0.484. The maximum absolute atomic E-state index is 12.9. The summed E-state index contributed by atoms with van der Waals surface area (Å²) in [6.45, 7) is 0.470. The molecular formula is C22H22N6O3. The van der Waals surface area contributed by atoms with Gasteiger partial charge in [0.05, 0.1) is 6.21 Å². The average molecular weight is 418 g/mol. The normalized spacial score (nSPS) is 11.4. The Bertz CT molecular complexity index is 1380. The minimum absolute atomic E-state index is 0.137. The van der Waals surface area contributed by atoms with Gasteiger partial charge in [-0.2, -0.15) is 10.1 Å². The van der Waals surface area contributed by atoms with Crippen LogP contribution in [0.4, 0.5) is 5.95 Å². The van der Waals surface area contributed by atoms with Crippen molar-refractivity contribution in [2.45, 2.75) is 13.0 Å². The number of rotatable bonds is 6. The molecule has 0 spiro atoms. The average Bonchev–Trinajstić information content (AvgIpc) is 3.14. The third kappa shape index (κ3) is 3.97. The number of aromatic nitrogens is 4. The highest BCUT2D eigenvalue weighted by Crippen LogP contribution is 2.17. The van der Waals surface area contributed by atoms with E-state index >= 15 is 0 Å². The lowest BCUT2D eigenvalue weighted by atomic mass is 10.1. The van der Waals surface area contributed by atoms with Crippen molar-refractivity contribution in [1.29, 1.82) is 0 Å². The monoisotopic (exact) mass is 418 g/mol. The summed E-state index contributed by atoms with van der Waals surface area (Å²) in [6.07, 6.45) is 2.21. The van der Waals surface area contributed by atoms with Crippen LogP contribution in [0.2, 0.25) is 0 Å². The first-order valence-corrected chi connectivity index (χ1v) is 9.74. The van der Waals surface area contributed by atoms with Crippen molar-refractivity contribution in [3.8, 4) is 5.75 Å². The predicted octanol–water partition coefficient (Wildman–Crippen LogP) is 1.83. The molecule has 9 heteroatoms. The van der Waals surface area contributed by atoms with Gasteiger partial charge in [-0.25, -0.2) is 10.2 Å². The molecule has 0 aliphatic rings. The largest absolute Gasteiger partial charge is 0.508 e. The van der Waals surface area contributed by atoms with Crippen molar-refractivity contribution in [3.05, 3.63) is 86.6 Å². The minimum atomic E-state index is -0.444. The molecule has 4 rings (SSSR count). The van der Waals surface area contributed by atoms with Gasteiger partial charge in [-0.3, -0.25) is 13.9 Å². The van der Waals surface area contributed by atoms with E-state index in [2.05, 4.69) is 15.5 Å². The number of anilines is 1. The van der Waals surface area contributed by atoms with Gasteiger partial charge < -0.3 is 9.67 Å². The molecule has 0 fully saturated rings. The highest BCUT2D eigenvalue weighted by Gasteiger charge is 2.18. The predicted molar refractivity (Wildman–Crippen MR) is 120 cm³/mol. The number of aryl methyl sites for hydroxylation is 3. The Labute approximate surface area is 177 Å². The summed E-state index contributed by atoms with van der Waals surface area (Å²) >= 11 is 0. The van der Waals surface area contributed by atoms with Gasteiger partial charge in [-0.05, 0) is 29.7 Å². The molecule has 2 aromatic carbocycles. The van der Waals surface area contributed by atoms with Crippen molar-refractivity contribution < 1.29 is 5.11 Å². The Balaban J connectivity index is 1.75. The van der Waals surface area contributed by atoms with Gasteiger partial charge in [-0.1, -0.05) is 42.5 Å². The van der Waals surface area contributed by atoms with Crippen molar-refractivity contribution in [1.82, 2.24) is 18.7 Å². The summed E-state index contributed by atoms with van der Waals surface area (Å²) in [4.78, 5) is 29.7. The lowest BCUT2D eigenvalue weighted by Crippen LogP contribution is -2.37. The van der Waals surface area contributed by atoms with E-state index in [9.17, 15) is 14.7 Å². The van der Waals surface area contributed by atoms with Crippen LogP contribution in [0.3, 0.4) is 0 Å². The molecule has 0 saturated carbocycles. The molecule has 9 nitrogen and oxygen atoms in total. The lowest BCUT2D eigenvalue weighted by Gasteiger charge is -2.09. The van der Waals surface area contributed by atoms with Gasteiger partial charge in [0.15, 0.2) is 11.2 Å². The van der Waals surface area contributed by atoms with Gasteiger partial charge >= 0.3 is 5.69 Å². The number of hydrogen-bond acceptors (Lipinski definition) is 6. The first kappa shape index (κ1) is 20.1. The number of hydrazone groups is 1. The van der Waals surface area contributed by atoms with Crippen molar-refractivity contribution in [3.63, 3.8) is 0 Å². The lowest BCUT2D eigenvalue weighted by molar-refractivity contribution is 0.475. The van der Waals surface area contributed by atoms with E-state index < -0.39 is 11.2 Å². The number of hydrogen-bond donors (Lipinski definition) is 2. The zero-order valence-corrected chi connectivity index (χ0v) is 17.2. The molecule has 0 radical (unpaired) electrons. The molecule has 0 bridgehead atoms. The van der Waals surface area contributed by atoms with Crippen molar-refractivity contribution in [2.24, 2.45) is 19.2 Å². The number of benzene rings is 2. The highest BCUT2D eigenvalue weighted by molar-refractivity contribution is 5.81. The van der Waals surface area contributed by atoms with Gasteiger partial charge in [0.1, 0.15) is 5.75 Å². The fourth-order valence-electron chi connectivity index (χ4n) is 3.40. The van der Waals surface area contributed by atoms with Crippen LogP contribution in [0.1, 0.15) is 11.1 Å². The van der Waals surface area contributed by atoms with E-state index in [4.69, 9.17) is 0 Å².